The Hall–Kier alpha value is -0.0400. The lowest BCUT2D eigenvalue weighted by molar-refractivity contribution is -0.124. The quantitative estimate of drug-likeness (QED) is 0.334. The molecule has 1 spiro atoms. The van der Waals surface area contributed by atoms with Gasteiger partial charge in [0.25, 0.3) is 0 Å². The van der Waals surface area contributed by atoms with Crippen molar-refractivity contribution in [2.24, 2.45) is 22.1 Å². The van der Waals surface area contributed by atoms with Crippen molar-refractivity contribution in [3.05, 3.63) is 0 Å². The third-order valence-electron chi connectivity index (χ3n) is 5.38. The number of aliphatic imine (C=N–C) groups is 1. The molecule has 3 fully saturated rings. The zero-order valence-corrected chi connectivity index (χ0v) is 14.8. The van der Waals surface area contributed by atoms with Gasteiger partial charge in [0, 0.05) is 30.5 Å². The Morgan fingerprint density at radius 3 is 2.85 bits per heavy atom. The van der Waals surface area contributed by atoms with Crippen LogP contribution in [0.25, 0.3) is 0 Å². The number of halogens is 1. The fourth-order valence-electron chi connectivity index (χ4n) is 4.47. The number of nitrogens with zero attached hydrogens (tertiary/aromatic N) is 1. The number of rotatable bonds is 4. The summed E-state index contributed by atoms with van der Waals surface area (Å²) in [7, 11) is 0. The van der Waals surface area contributed by atoms with Crippen LogP contribution >= 0.6 is 24.0 Å². The number of fused-ring (bicyclic) bond motifs is 2. The summed E-state index contributed by atoms with van der Waals surface area (Å²) in [4.78, 5) is 4.45. The van der Waals surface area contributed by atoms with Crippen LogP contribution in [-0.4, -0.2) is 31.3 Å². The van der Waals surface area contributed by atoms with Gasteiger partial charge in [0.15, 0.2) is 5.96 Å². The minimum absolute atomic E-state index is 0. The van der Waals surface area contributed by atoms with E-state index >= 15 is 0 Å². The SMILES string of the molecule is CCCCN=C(N)NC1C2CCOC2C12CCCC2.I. The molecule has 3 unspecified atom stereocenters. The molecule has 20 heavy (non-hydrogen) atoms. The summed E-state index contributed by atoms with van der Waals surface area (Å²) < 4.78 is 5.98. The highest BCUT2D eigenvalue weighted by Crippen LogP contribution is 2.60. The average Bonchev–Trinajstić information content (AvgIpc) is 3.04. The summed E-state index contributed by atoms with van der Waals surface area (Å²) in [6, 6.07) is 0.507. The van der Waals surface area contributed by atoms with Crippen molar-refractivity contribution >= 4 is 29.9 Å². The van der Waals surface area contributed by atoms with Crippen LogP contribution in [0.2, 0.25) is 0 Å². The van der Waals surface area contributed by atoms with Crippen LogP contribution in [0.1, 0.15) is 51.9 Å². The molecule has 0 aromatic carbocycles. The van der Waals surface area contributed by atoms with Crippen molar-refractivity contribution in [2.75, 3.05) is 13.2 Å². The zero-order chi connectivity index (χ0) is 13.3. The molecule has 0 aromatic heterocycles. The molecule has 2 aliphatic carbocycles. The van der Waals surface area contributed by atoms with Gasteiger partial charge in [-0.3, -0.25) is 4.99 Å². The molecule has 2 saturated carbocycles. The van der Waals surface area contributed by atoms with Crippen LogP contribution in [0.5, 0.6) is 0 Å². The second-order valence-electron chi connectivity index (χ2n) is 6.43. The van der Waals surface area contributed by atoms with Gasteiger partial charge in [-0.1, -0.05) is 26.2 Å². The predicted molar refractivity (Wildman–Crippen MR) is 92.5 cm³/mol. The molecule has 4 nitrogen and oxygen atoms in total. The monoisotopic (exact) mass is 393 g/mol. The topological polar surface area (TPSA) is 59.6 Å². The van der Waals surface area contributed by atoms with Crippen LogP contribution in [0, 0.1) is 11.3 Å². The van der Waals surface area contributed by atoms with Crippen molar-refractivity contribution in [1.29, 1.82) is 0 Å². The van der Waals surface area contributed by atoms with Gasteiger partial charge in [-0.15, -0.1) is 24.0 Å². The number of hydrogen-bond acceptors (Lipinski definition) is 2. The Morgan fingerprint density at radius 2 is 2.15 bits per heavy atom. The minimum atomic E-state index is 0. The van der Waals surface area contributed by atoms with Gasteiger partial charge in [0.1, 0.15) is 0 Å². The first-order valence-electron chi connectivity index (χ1n) is 7.96. The Morgan fingerprint density at radius 1 is 1.40 bits per heavy atom. The summed E-state index contributed by atoms with van der Waals surface area (Å²) in [5.41, 5.74) is 6.42. The lowest BCUT2D eigenvalue weighted by atomic mass is 9.54. The van der Waals surface area contributed by atoms with Gasteiger partial charge in [0.05, 0.1) is 6.10 Å². The lowest BCUT2D eigenvalue weighted by Gasteiger charge is -2.57. The maximum Gasteiger partial charge on any atom is 0.188 e. The van der Waals surface area contributed by atoms with Crippen molar-refractivity contribution in [3.8, 4) is 0 Å². The molecule has 116 valence electrons. The predicted octanol–water partition coefficient (Wildman–Crippen LogP) is 2.66. The molecular weight excluding hydrogens is 365 g/mol. The zero-order valence-electron chi connectivity index (χ0n) is 12.4. The second kappa shape index (κ2) is 6.81. The number of nitrogens with one attached hydrogen (secondary N) is 1. The van der Waals surface area contributed by atoms with Gasteiger partial charge in [-0.2, -0.15) is 0 Å². The molecule has 5 heteroatoms. The van der Waals surface area contributed by atoms with Crippen molar-refractivity contribution in [2.45, 2.75) is 64.0 Å². The normalized spacial score (nSPS) is 34.5. The van der Waals surface area contributed by atoms with E-state index in [4.69, 9.17) is 10.5 Å². The first-order chi connectivity index (χ1) is 9.28. The number of guanidine groups is 1. The third-order valence-corrected chi connectivity index (χ3v) is 5.38. The number of unbranched alkanes of at least 4 members (excludes halogenated alkanes) is 1. The summed E-state index contributed by atoms with van der Waals surface area (Å²) in [5.74, 6) is 1.31. The summed E-state index contributed by atoms with van der Waals surface area (Å²) in [6.07, 6.45) is 9.26. The molecule has 3 N–H and O–H groups in total. The van der Waals surface area contributed by atoms with E-state index in [0.717, 1.165) is 19.6 Å². The van der Waals surface area contributed by atoms with E-state index in [1.165, 1.54) is 38.5 Å². The molecule has 1 aliphatic heterocycles. The maximum absolute atomic E-state index is 6.06. The standard InChI is InChI=1S/C15H27N3O.HI/c1-2-3-9-17-14(16)18-12-11-6-10-19-13(11)15(12)7-4-5-8-15;/h11-13H,2-10H2,1H3,(H3,16,17,18);1H. The van der Waals surface area contributed by atoms with Crippen LogP contribution < -0.4 is 11.1 Å². The van der Waals surface area contributed by atoms with E-state index in [1.54, 1.807) is 0 Å². The van der Waals surface area contributed by atoms with E-state index in [0.29, 0.717) is 29.4 Å². The van der Waals surface area contributed by atoms with Gasteiger partial charge >= 0.3 is 0 Å². The summed E-state index contributed by atoms with van der Waals surface area (Å²) in [6.45, 7) is 3.96. The molecule has 0 bridgehead atoms. The second-order valence-corrected chi connectivity index (χ2v) is 6.43. The van der Waals surface area contributed by atoms with E-state index in [-0.39, 0.29) is 24.0 Å². The van der Waals surface area contributed by atoms with Crippen LogP contribution in [0.15, 0.2) is 4.99 Å². The molecule has 1 heterocycles. The summed E-state index contributed by atoms with van der Waals surface area (Å²) in [5, 5.41) is 3.53. The van der Waals surface area contributed by atoms with Gasteiger partial charge in [0.2, 0.25) is 0 Å². The lowest BCUT2D eigenvalue weighted by Crippen LogP contribution is -2.69. The van der Waals surface area contributed by atoms with Gasteiger partial charge in [-0.25, -0.2) is 0 Å². The van der Waals surface area contributed by atoms with Crippen molar-refractivity contribution < 1.29 is 4.74 Å². The van der Waals surface area contributed by atoms with Crippen LogP contribution in [-0.2, 0) is 4.74 Å². The van der Waals surface area contributed by atoms with E-state index < -0.39 is 0 Å². The van der Waals surface area contributed by atoms with E-state index in [2.05, 4.69) is 17.2 Å². The summed E-state index contributed by atoms with van der Waals surface area (Å²) >= 11 is 0. The van der Waals surface area contributed by atoms with Crippen LogP contribution in [0.4, 0.5) is 0 Å². The number of nitrogens with two attached hydrogens (primary N) is 1. The minimum Gasteiger partial charge on any atom is -0.377 e. The van der Waals surface area contributed by atoms with Crippen LogP contribution in [0.3, 0.4) is 0 Å². The molecule has 3 aliphatic rings. The molecule has 3 atom stereocenters. The Balaban J connectivity index is 0.00000147. The smallest absolute Gasteiger partial charge is 0.188 e. The van der Waals surface area contributed by atoms with E-state index in [1.807, 2.05) is 0 Å². The highest BCUT2D eigenvalue weighted by Gasteiger charge is 2.64. The average molecular weight is 393 g/mol. The highest BCUT2D eigenvalue weighted by molar-refractivity contribution is 14.0. The van der Waals surface area contributed by atoms with Gasteiger partial charge < -0.3 is 15.8 Å². The van der Waals surface area contributed by atoms with Crippen molar-refractivity contribution in [3.63, 3.8) is 0 Å². The van der Waals surface area contributed by atoms with Crippen molar-refractivity contribution in [1.82, 2.24) is 5.32 Å². The largest absolute Gasteiger partial charge is 0.377 e. The number of ether oxygens (including phenoxy) is 1. The maximum atomic E-state index is 6.06. The highest BCUT2D eigenvalue weighted by atomic mass is 127. The molecule has 0 amide bonds. The molecule has 0 radical (unpaired) electrons. The van der Waals surface area contributed by atoms with Gasteiger partial charge in [-0.05, 0) is 25.7 Å². The Labute approximate surface area is 139 Å². The fraction of sp³-hybridized carbons (Fsp3) is 0.933. The Kier molecular flexibility index (Phi) is 5.56. The Bertz CT molecular complexity index is 355. The third kappa shape index (κ3) is 2.67. The molecule has 3 rings (SSSR count). The van der Waals surface area contributed by atoms with E-state index in [9.17, 15) is 0 Å². The molecular formula is C15H28IN3O. The molecule has 0 aromatic rings. The first kappa shape index (κ1) is 16.3. The molecule has 1 saturated heterocycles. The number of hydrogen-bond donors (Lipinski definition) is 2. The first-order valence-corrected chi connectivity index (χ1v) is 7.96. The fourth-order valence-corrected chi connectivity index (χ4v) is 4.47.